The first-order chi connectivity index (χ1) is 9.04. The molecule has 2 rings (SSSR count). The van der Waals surface area contributed by atoms with E-state index in [1.54, 1.807) is 0 Å². The lowest BCUT2D eigenvalue weighted by Gasteiger charge is -2.40. The zero-order chi connectivity index (χ0) is 14.0. The molecule has 1 aromatic carbocycles. The van der Waals surface area contributed by atoms with E-state index in [1.807, 2.05) is 11.9 Å². The molecule has 0 radical (unpaired) electrons. The molecule has 0 saturated carbocycles. The number of carboxylic acid groups (broad SMARTS) is 1. The highest BCUT2D eigenvalue weighted by Gasteiger charge is 2.27. The van der Waals surface area contributed by atoms with Crippen LogP contribution < -0.4 is 4.90 Å². The van der Waals surface area contributed by atoms with Gasteiger partial charge in [-0.15, -0.1) is 0 Å². The lowest BCUT2D eigenvalue weighted by Crippen LogP contribution is -2.51. The van der Waals surface area contributed by atoms with Gasteiger partial charge < -0.3 is 10.0 Å². The van der Waals surface area contributed by atoms with Crippen molar-refractivity contribution in [2.45, 2.75) is 19.4 Å². The zero-order valence-corrected chi connectivity index (χ0v) is 11.3. The van der Waals surface area contributed by atoms with Crippen molar-refractivity contribution in [3.63, 3.8) is 0 Å². The number of benzene rings is 1. The summed E-state index contributed by atoms with van der Waals surface area (Å²) in [5.74, 6) is -1.54. The summed E-state index contributed by atoms with van der Waals surface area (Å²) in [6, 6.07) is 4.55. The van der Waals surface area contributed by atoms with Gasteiger partial charge in [-0.3, -0.25) is 4.90 Å². The summed E-state index contributed by atoms with van der Waals surface area (Å²) in [7, 11) is 2.05. The number of hydrogen-bond acceptors (Lipinski definition) is 3. The fourth-order valence-corrected chi connectivity index (χ4v) is 2.60. The Kier molecular flexibility index (Phi) is 4.04. The van der Waals surface area contributed by atoms with Crippen molar-refractivity contribution in [2.24, 2.45) is 0 Å². The number of nitrogens with zero attached hydrogens (tertiary/aromatic N) is 2. The second-order valence-corrected chi connectivity index (χ2v) is 4.93. The number of hydrogen-bond donors (Lipinski definition) is 1. The van der Waals surface area contributed by atoms with E-state index in [9.17, 15) is 14.3 Å². The van der Waals surface area contributed by atoms with Crippen LogP contribution in [0.25, 0.3) is 0 Å². The molecule has 1 unspecified atom stereocenters. The lowest BCUT2D eigenvalue weighted by molar-refractivity contribution is 0.0696. The van der Waals surface area contributed by atoms with Crippen molar-refractivity contribution in [1.82, 2.24) is 4.90 Å². The van der Waals surface area contributed by atoms with Gasteiger partial charge in [-0.05, 0) is 25.6 Å². The van der Waals surface area contributed by atoms with E-state index in [0.717, 1.165) is 13.0 Å². The molecule has 1 fully saturated rings. The first-order valence-corrected chi connectivity index (χ1v) is 6.51. The molecule has 104 valence electrons. The normalized spacial score (nSPS) is 20.6. The number of halogens is 1. The number of piperazine rings is 1. The first kappa shape index (κ1) is 13.8. The Morgan fingerprint density at radius 3 is 2.84 bits per heavy atom. The van der Waals surface area contributed by atoms with Crippen molar-refractivity contribution in [2.75, 3.05) is 31.6 Å². The molecule has 0 aromatic heterocycles. The minimum absolute atomic E-state index is 0.0411. The minimum Gasteiger partial charge on any atom is -0.478 e. The van der Waals surface area contributed by atoms with Gasteiger partial charge in [0.05, 0.1) is 11.3 Å². The molecule has 1 aromatic rings. The largest absolute Gasteiger partial charge is 0.478 e. The average molecular weight is 266 g/mol. The zero-order valence-electron chi connectivity index (χ0n) is 11.3. The van der Waals surface area contributed by atoms with Gasteiger partial charge in [0.2, 0.25) is 0 Å². The Bertz CT molecular complexity index is 479. The maximum Gasteiger partial charge on any atom is 0.337 e. The molecular formula is C14H19FN2O2. The quantitative estimate of drug-likeness (QED) is 0.909. The molecule has 0 bridgehead atoms. The second kappa shape index (κ2) is 5.57. The summed E-state index contributed by atoms with van der Waals surface area (Å²) in [6.07, 6.45) is 0.962. The average Bonchev–Trinajstić information content (AvgIpc) is 2.39. The minimum atomic E-state index is -1.08. The van der Waals surface area contributed by atoms with Crippen LogP contribution in [0.3, 0.4) is 0 Å². The van der Waals surface area contributed by atoms with E-state index < -0.39 is 11.8 Å². The number of anilines is 1. The second-order valence-electron chi connectivity index (χ2n) is 4.93. The first-order valence-electron chi connectivity index (χ1n) is 6.51. The van der Waals surface area contributed by atoms with Gasteiger partial charge in [-0.2, -0.15) is 0 Å². The molecular weight excluding hydrogens is 247 g/mol. The molecule has 0 aliphatic carbocycles. The predicted molar refractivity (Wildman–Crippen MR) is 72.3 cm³/mol. The molecule has 0 amide bonds. The fraction of sp³-hybridized carbons (Fsp3) is 0.500. The molecule has 1 saturated heterocycles. The van der Waals surface area contributed by atoms with Crippen LogP contribution in [-0.4, -0.2) is 48.7 Å². The standard InChI is InChI=1S/C14H19FN2O2/c1-3-10-9-17(8-7-16(10)2)13-11(14(18)19)5-4-6-12(13)15/h4-6,10H,3,7-9H2,1-2H3,(H,18,19). The number of carbonyl (C=O) groups is 1. The molecule has 1 aliphatic rings. The number of rotatable bonds is 3. The van der Waals surface area contributed by atoms with E-state index >= 15 is 0 Å². The van der Waals surface area contributed by atoms with E-state index in [2.05, 4.69) is 11.8 Å². The van der Waals surface area contributed by atoms with Crippen LogP contribution in [0.15, 0.2) is 18.2 Å². The van der Waals surface area contributed by atoms with E-state index in [-0.39, 0.29) is 11.3 Å². The lowest BCUT2D eigenvalue weighted by atomic mass is 10.1. The van der Waals surface area contributed by atoms with Crippen LogP contribution in [0, 0.1) is 5.82 Å². The summed E-state index contributed by atoms with van der Waals surface area (Å²) in [4.78, 5) is 15.3. The van der Waals surface area contributed by atoms with Crippen molar-refractivity contribution in [3.05, 3.63) is 29.6 Å². The number of aromatic carboxylic acids is 1. The van der Waals surface area contributed by atoms with Gasteiger partial charge in [0.15, 0.2) is 0 Å². The molecule has 4 nitrogen and oxygen atoms in total. The molecule has 0 spiro atoms. The smallest absolute Gasteiger partial charge is 0.337 e. The number of carboxylic acids is 1. The molecule has 1 atom stereocenters. The van der Waals surface area contributed by atoms with Crippen LogP contribution in [0.5, 0.6) is 0 Å². The molecule has 1 N–H and O–H groups in total. The monoisotopic (exact) mass is 266 g/mol. The Labute approximate surface area is 112 Å². The van der Waals surface area contributed by atoms with Crippen molar-refractivity contribution < 1.29 is 14.3 Å². The maximum atomic E-state index is 14.0. The maximum absolute atomic E-state index is 14.0. The topological polar surface area (TPSA) is 43.8 Å². The Morgan fingerprint density at radius 2 is 2.21 bits per heavy atom. The third-order valence-electron chi connectivity index (χ3n) is 3.78. The van der Waals surface area contributed by atoms with Gasteiger partial charge in [-0.25, -0.2) is 9.18 Å². The Hall–Kier alpha value is -1.62. The number of likely N-dealkylation sites (N-methyl/N-ethyl adjacent to an activating group) is 1. The van der Waals surface area contributed by atoms with Crippen LogP contribution in [0.2, 0.25) is 0 Å². The van der Waals surface area contributed by atoms with Gasteiger partial charge in [0.1, 0.15) is 5.82 Å². The summed E-state index contributed by atoms with van der Waals surface area (Å²) in [5, 5.41) is 9.19. The molecule has 19 heavy (non-hydrogen) atoms. The van der Waals surface area contributed by atoms with Crippen LogP contribution in [-0.2, 0) is 0 Å². The van der Waals surface area contributed by atoms with E-state index in [4.69, 9.17) is 0 Å². The summed E-state index contributed by atoms with van der Waals surface area (Å²) in [6.45, 7) is 4.21. The van der Waals surface area contributed by atoms with Crippen molar-refractivity contribution >= 4 is 11.7 Å². The van der Waals surface area contributed by atoms with E-state index in [0.29, 0.717) is 19.1 Å². The predicted octanol–water partition coefficient (Wildman–Crippen LogP) is 2.05. The van der Waals surface area contributed by atoms with Crippen molar-refractivity contribution in [3.8, 4) is 0 Å². The van der Waals surface area contributed by atoms with Gasteiger partial charge >= 0.3 is 5.97 Å². The molecule has 5 heteroatoms. The van der Waals surface area contributed by atoms with Crippen LogP contribution >= 0.6 is 0 Å². The summed E-state index contributed by atoms with van der Waals surface area (Å²) >= 11 is 0. The van der Waals surface area contributed by atoms with Gasteiger partial charge in [0.25, 0.3) is 0 Å². The third kappa shape index (κ3) is 2.71. The molecule has 1 aliphatic heterocycles. The van der Waals surface area contributed by atoms with Crippen LogP contribution in [0.4, 0.5) is 10.1 Å². The van der Waals surface area contributed by atoms with Gasteiger partial charge in [-0.1, -0.05) is 13.0 Å². The van der Waals surface area contributed by atoms with Gasteiger partial charge in [0, 0.05) is 25.7 Å². The van der Waals surface area contributed by atoms with E-state index in [1.165, 1.54) is 18.2 Å². The van der Waals surface area contributed by atoms with Crippen LogP contribution in [0.1, 0.15) is 23.7 Å². The van der Waals surface area contributed by atoms with Crippen molar-refractivity contribution in [1.29, 1.82) is 0 Å². The summed E-state index contributed by atoms with van der Waals surface area (Å²) < 4.78 is 14.0. The Morgan fingerprint density at radius 1 is 1.47 bits per heavy atom. The summed E-state index contributed by atoms with van der Waals surface area (Å²) in [5.41, 5.74) is 0.265. The third-order valence-corrected chi connectivity index (χ3v) is 3.78. The number of para-hydroxylation sites is 1. The highest BCUT2D eigenvalue weighted by atomic mass is 19.1. The highest BCUT2D eigenvalue weighted by molar-refractivity contribution is 5.94. The molecule has 1 heterocycles. The fourth-order valence-electron chi connectivity index (χ4n) is 2.60. The highest BCUT2D eigenvalue weighted by Crippen LogP contribution is 2.27. The Balaban J connectivity index is 2.34. The SMILES string of the molecule is CCC1CN(c2c(F)cccc2C(=O)O)CCN1C.